The number of nitrogens with one attached hydrogen (secondary N) is 1. The SMILES string of the molecule is C[C@@H]1CCN[C@H]([C@H]2CC[C@@H](C)O2)C1. The Kier molecular flexibility index (Phi) is 2.89. The minimum atomic E-state index is 0.490. The third-order valence-corrected chi connectivity index (χ3v) is 3.41. The molecule has 2 heteroatoms. The molecule has 0 bridgehead atoms. The number of rotatable bonds is 1. The quantitative estimate of drug-likeness (QED) is 0.671. The maximum Gasteiger partial charge on any atom is 0.0732 e. The van der Waals surface area contributed by atoms with Crippen LogP contribution in [0.5, 0.6) is 0 Å². The zero-order chi connectivity index (χ0) is 9.26. The van der Waals surface area contributed by atoms with Crippen LogP contribution in [-0.4, -0.2) is 24.8 Å². The lowest BCUT2D eigenvalue weighted by atomic mass is 9.90. The average molecular weight is 183 g/mol. The molecule has 13 heavy (non-hydrogen) atoms. The molecule has 76 valence electrons. The minimum Gasteiger partial charge on any atom is -0.374 e. The van der Waals surface area contributed by atoms with Gasteiger partial charge in [-0.2, -0.15) is 0 Å². The van der Waals surface area contributed by atoms with Crippen molar-refractivity contribution in [1.29, 1.82) is 0 Å². The van der Waals surface area contributed by atoms with E-state index in [9.17, 15) is 0 Å². The highest BCUT2D eigenvalue weighted by atomic mass is 16.5. The van der Waals surface area contributed by atoms with E-state index in [1.54, 1.807) is 0 Å². The van der Waals surface area contributed by atoms with E-state index in [0.717, 1.165) is 5.92 Å². The van der Waals surface area contributed by atoms with Crippen LogP contribution in [0.1, 0.15) is 39.5 Å². The number of piperidine rings is 1. The second-order valence-corrected chi connectivity index (χ2v) is 4.75. The zero-order valence-electron chi connectivity index (χ0n) is 8.75. The van der Waals surface area contributed by atoms with Gasteiger partial charge in [0.2, 0.25) is 0 Å². The molecule has 0 aromatic rings. The standard InChI is InChI=1S/C11H21NO/c1-8-5-6-12-10(7-8)11-4-3-9(2)13-11/h8-12H,3-7H2,1-2H3/t8-,9-,10+,11-/m1/s1. The van der Waals surface area contributed by atoms with Crippen molar-refractivity contribution in [2.24, 2.45) is 5.92 Å². The summed E-state index contributed by atoms with van der Waals surface area (Å²) in [5.41, 5.74) is 0. The Morgan fingerprint density at radius 3 is 2.62 bits per heavy atom. The molecule has 0 saturated carbocycles. The minimum absolute atomic E-state index is 0.490. The summed E-state index contributed by atoms with van der Waals surface area (Å²) < 4.78 is 5.89. The van der Waals surface area contributed by atoms with Crippen LogP contribution in [0.15, 0.2) is 0 Å². The third-order valence-electron chi connectivity index (χ3n) is 3.41. The average Bonchev–Trinajstić information content (AvgIpc) is 2.52. The number of ether oxygens (including phenoxy) is 1. The molecule has 0 aromatic carbocycles. The summed E-state index contributed by atoms with van der Waals surface area (Å²) in [6, 6.07) is 0.633. The normalized spacial score (nSPS) is 46.6. The summed E-state index contributed by atoms with van der Waals surface area (Å²) in [4.78, 5) is 0. The third kappa shape index (κ3) is 2.23. The highest BCUT2D eigenvalue weighted by Gasteiger charge is 2.31. The summed E-state index contributed by atoms with van der Waals surface area (Å²) >= 11 is 0. The van der Waals surface area contributed by atoms with Crippen molar-refractivity contribution >= 4 is 0 Å². The molecular weight excluding hydrogens is 162 g/mol. The first-order valence-electron chi connectivity index (χ1n) is 5.64. The molecule has 1 N–H and O–H groups in total. The number of hydrogen-bond acceptors (Lipinski definition) is 2. The molecule has 4 atom stereocenters. The van der Waals surface area contributed by atoms with Gasteiger partial charge in [0.25, 0.3) is 0 Å². The van der Waals surface area contributed by atoms with Gasteiger partial charge in [0.05, 0.1) is 12.2 Å². The maximum absolute atomic E-state index is 5.89. The van der Waals surface area contributed by atoms with E-state index in [0.29, 0.717) is 18.2 Å². The molecule has 0 amide bonds. The molecular formula is C11H21NO. The molecule has 2 heterocycles. The van der Waals surface area contributed by atoms with Crippen LogP contribution in [0, 0.1) is 5.92 Å². The molecule has 2 saturated heterocycles. The first kappa shape index (κ1) is 9.47. The molecule has 0 aliphatic carbocycles. The van der Waals surface area contributed by atoms with Crippen molar-refractivity contribution in [2.75, 3.05) is 6.54 Å². The predicted octanol–water partition coefficient (Wildman–Crippen LogP) is 1.94. The lowest BCUT2D eigenvalue weighted by Crippen LogP contribution is -2.45. The molecule has 2 aliphatic rings. The Morgan fingerprint density at radius 1 is 1.15 bits per heavy atom. The van der Waals surface area contributed by atoms with Crippen molar-refractivity contribution in [3.63, 3.8) is 0 Å². The molecule has 0 aromatic heterocycles. The van der Waals surface area contributed by atoms with Crippen molar-refractivity contribution in [3.05, 3.63) is 0 Å². The maximum atomic E-state index is 5.89. The van der Waals surface area contributed by atoms with E-state index < -0.39 is 0 Å². The van der Waals surface area contributed by atoms with Gasteiger partial charge in [-0.3, -0.25) is 0 Å². The van der Waals surface area contributed by atoms with Gasteiger partial charge in [-0.1, -0.05) is 6.92 Å². The van der Waals surface area contributed by atoms with Crippen LogP contribution in [0.2, 0.25) is 0 Å². The largest absolute Gasteiger partial charge is 0.374 e. The molecule has 0 radical (unpaired) electrons. The monoisotopic (exact) mass is 183 g/mol. The molecule has 2 fully saturated rings. The van der Waals surface area contributed by atoms with E-state index in [1.807, 2.05) is 0 Å². The van der Waals surface area contributed by atoms with Gasteiger partial charge in [0.15, 0.2) is 0 Å². The van der Waals surface area contributed by atoms with Crippen molar-refractivity contribution < 1.29 is 4.74 Å². The molecule has 0 unspecified atom stereocenters. The van der Waals surface area contributed by atoms with Crippen LogP contribution < -0.4 is 5.32 Å². The van der Waals surface area contributed by atoms with Crippen LogP contribution >= 0.6 is 0 Å². The van der Waals surface area contributed by atoms with Gasteiger partial charge in [-0.05, 0) is 45.1 Å². The summed E-state index contributed by atoms with van der Waals surface area (Å²) in [7, 11) is 0. The van der Waals surface area contributed by atoms with Crippen molar-refractivity contribution in [2.45, 2.75) is 57.8 Å². The Morgan fingerprint density at radius 2 is 2.00 bits per heavy atom. The van der Waals surface area contributed by atoms with E-state index >= 15 is 0 Å². The highest BCUT2D eigenvalue weighted by Crippen LogP contribution is 2.27. The highest BCUT2D eigenvalue weighted by molar-refractivity contribution is 4.86. The van der Waals surface area contributed by atoms with Crippen molar-refractivity contribution in [3.8, 4) is 0 Å². The van der Waals surface area contributed by atoms with Crippen LogP contribution in [-0.2, 0) is 4.74 Å². The fraction of sp³-hybridized carbons (Fsp3) is 1.00. The van der Waals surface area contributed by atoms with Gasteiger partial charge in [0, 0.05) is 6.04 Å². The Labute approximate surface area is 81.0 Å². The molecule has 0 spiro atoms. The van der Waals surface area contributed by atoms with E-state index in [-0.39, 0.29) is 0 Å². The van der Waals surface area contributed by atoms with Crippen LogP contribution in [0.25, 0.3) is 0 Å². The fourth-order valence-corrected chi connectivity index (χ4v) is 2.56. The molecule has 2 nitrogen and oxygen atoms in total. The zero-order valence-corrected chi connectivity index (χ0v) is 8.75. The topological polar surface area (TPSA) is 21.3 Å². The Bertz CT molecular complexity index is 171. The van der Waals surface area contributed by atoms with Gasteiger partial charge in [-0.15, -0.1) is 0 Å². The number of hydrogen-bond donors (Lipinski definition) is 1. The summed E-state index contributed by atoms with van der Waals surface area (Å²) in [5.74, 6) is 0.880. The second kappa shape index (κ2) is 3.97. The first-order valence-corrected chi connectivity index (χ1v) is 5.64. The predicted molar refractivity (Wildman–Crippen MR) is 53.8 cm³/mol. The summed E-state index contributed by atoms with van der Waals surface area (Å²) in [5, 5.41) is 3.59. The van der Waals surface area contributed by atoms with Gasteiger partial charge < -0.3 is 10.1 Å². The smallest absolute Gasteiger partial charge is 0.0732 e. The fourth-order valence-electron chi connectivity index (χ4n) is 2.56. The first-order chi connectivity index (χ1) is 6.25. The van der Waals surface area contributed by atoms with Crippen LogP contribution in [0.3, 0.4) is 0 Å². The van der Waals surface area contributed by atoms with Crippen LogP contribution in [0.4, 0.5) is 0 Å². The Hall–Kier alpha value is -0.0800. The van der Waals surface area contributed by atoms with Gasteiger partial charge >= 0.3 is 0 Å². The lowest BCUT2D eigenvalue weighted by Gasteiger charge is -2.32. The van der Waals surface area contributed by atoms with E-state index in [1.165, 1.54) is 32.2 Å². The second-order valence-electron chi connectivity index (χ2n) is 4.75. The van der Waals surface area contributed by atoms with E-state index in [2.05, 4.69) is 19.2 Å². The van der Waals surface area contributed by atoms with Gasteiger partial charge in [0.1, 0.15) is 0 Å². The summed E-state index contributed by atoms with van der Waals surface area (Å²) in [6.45, 7) is 5.72. The lowest BCUT2D eigenvalue weighted by molar-refractivity contribution is 0.0210. The van der Waals surface area contributed by atoms with E-state index in [4.69, 9.17) is 4.74 Å². The molecule has 2 rings (SSSR count). The molecule has 2 aliphatic heterocycles. The van der Waals surface area contributed by atoms with Crippen molar-refractivity contribution in [1.82, 2.24) is 5.32 Å². The van der Waals surface area contributed by atoms with Gasteiger partial charge in [-0.25, -0.2) is 0 Å². The Balaban J connectivity index is 1.85. The summed E-state index contributed by atoms with van der Waals surface area (Å²) in [6.07, 6.45) is 6.13.